The van der Waals surface area contributed by atoms with Crippen molar-refractivity contribution < 1.29 is 9.90 Å². The molecule has 0 fully saturated rings. The summed E-state index contributed by atoms with van der Waals surface area (Å²) in [7, 11) is 0. The van der Waals surface area contributed by atoms with Gasteiger partial charge in [-0.15, -0.1) is 0 Å². The van der Waals surface area contributed by atoms with E-state index in [-0.39, 0.29) is 17.7 Å². The zero-order valence-electron chi connectivity index (χ0n) is 14.4. The maximum atomic E-state index is 12.9. The molecule has 0 spiro atoms. The monoisotopic (exact) mass is 420 g/mol. The first-order valence-electron chi connectivity index (χ1n) is 8.59. The quantitative estimate of drug-likeness (QED) is 0.652. The molecular weight excluding hydrogens is 404 g/mol. The third-order valence-electron chi connectivity index (χ3n) is 4.68. The van der Waals surface area contributed by atoms with Crippen LogP contribution in [-0.4, -0.2) is 20.9 Å². The van der Waals surface area contributed by atoms with Crippen LogP contribution < -0.4 is 0 Å². The second-order valence-electron chi connectivity index (χ2n) is 6.37. The van der Waals surface area contributed by atoms with Gasteiger partial charge in [0.2, 0.25) is 0 Å². The Morgan fingerprint density at radius 1 is 0.963 bits per heavy atom. The number of aliphatic hydroxyl groups excluding tert-OH is 1. The Kier molecular flexibility index (Phi) is 4.77. The predicted octanol–water partition coefficient (Wildman–Crippen LogP) is 4.90. The molecule has 1 atom stereocenters. The molecule has 1 N–H and O–H groups in total. The summed E-state index contributed by atoms with van der Waals surface area (Å²) >= 11 is 3.46. The number of hydrogen-bond acceptors (Lipinski definition) is 3. The Morgan fingerprint density at radius 2 is 1.63 bits per heavy atom. The fourth-order valence-electron chi connectivity index (χ4n) is 3.41. The number of carbonyl (C=O) groups excluding carboxylic acids is 1. The molecule has 0 saturated heterocycles. The summed E-state index contributed by atoms with van der Waals surface area (Å²) < 4.78 is 0.964. The molecule has 4 nitrogen and oxygen atoms in total. The molecule has 134 valence electrons. The number of nitrogens with zero attached hydrogens (tertiary/aromatic N) is 2. The molecule has 2 heterocycles. The number of carbonyl (C=O) groups is 1. The van der Waals surface area contributed by atoms with Crippen LogP contribution in [0.25, 0.3) is 5.57 Å². The van der Waals surface area contributed by atoms with Crippen molar-refractivity contribution >= 4 is 27.4 Å². The van der Waals surface area contributed by atoms with Crippen molar-refractivity contribution in [1.29, 1.82) is 0 Å². The van der Waals surface area contributed by atoms with Gasteiger partial charge in [0.25, 0.3) is 5.91 Å². The molecule has 0 aliphatic carbocycles. The van der Waals surface area contributed by atoms with Gasteiger partial charge in [0.15, 0.2) is 5.76 Å². The summed E-state index contributed by atoms with van der Waals surface area (Å²) in [6.07, 6.45) is 3.41. The lowest BCUT2D eigenvalue weighted by Crippen LogP contribution is -2.29. The van der Waals surface area contributed by atoms with Gasteiger partial charge in [-0.05, 0) is 41.0 Å². The number of hydrogen-bond donors (Lipinski definition) is 1. The van der Waals surface area contributed by atoms with Crippen LogP contribution in [0.3, 0.4) is 0 Å². The fourth-order valence-corrected chi connectivity index (χ4v) is 3.67. The van der Waals surface area contributed by atoms with Gasteiger partial charge < -0.3 is 10.0 Å². The lowest BCUT2D eigenvalue weighted by molar-refractivity contribution is -0.130. The van der Waals surface area contributed by atoms with Gasteiger partial charge in [-0.25, -0.2) is 0 Å². The van der Waals surface area contributed by atoms with Gasteiger partial charge in [-0.3, -0.25) is 9.78 Å². The van der Waals surface area contributed by atoms with Gasteiger partial charge in [0, 0.05) is 29.0 Å². The van der Waals surface area contributed by atoms with Crippen molar-refractivity contribution in [2.75, 3.05) is 0 Å². The van der Waals surface area contributed by atoms with Crippen LogP contribution >= 0.6 is 15.9 Å². The van der Waals surface area contributed by atoms with E-state index in [0.717, 1.165) is 21.2 Å². The molecule has 0 bridgehead atoms. The van der Waals surface area contributed by atoms with Gasteiger partial charge in [0.1, 0.15) is 0 Å². The molecule has 1 unspecified atom stereocenters. The highest BCUT2D eigenvalue weighted by atomic mass is 79.9. The third kappa shape index (κ3) is 3.38. The topological polar surface area (TPSA) is 53.4 Å². The molecule has 1 aromatic heterocycles. The van der Waals surface area contributed by atoms with Gasteiger partial charge in [-0.1, -0.05) is 58.4 Å². The highest BCUT2D eigenvalue weighted by Crippen LogP contribution is 2.43. The molecule has 4 rings (SSSR count). The zero-order valence-corrected chi connectivity index (χ0v) is 16.0. The number of aromatic nitrogens is 1. The molecule has 1 amide bonds. The van der Waals surface area contributed by atoms with Gasteiger partial charge >= 0.3 is 0 Å². The number of halogens is 1. The number of amides is 1. The molecule has 5 heteroatoms. The summed E-state index contributed by atoms with van der Waals surface area (Å²) in [5.41, 5.74) is 3.39. The van der Waals surface area contributed by atoms with Crippen molar-refractivity contribution in [3.05, 3.63) is 106 Å². The average molecular weight is 421 g/mol. The van der Waals surface area contributed by atoms with Crippen LogP contribution in [0.5, 0.6) is 0 Å². The Labute approximate surface area is 165 Å². The standard InChI is InChI=1S/C22H17BrN2O2/c23-18-8-6-17(7-9-18)20-19(16-4-2-1-3-5-16)21(26)22(27)25(20)14-15-10-12-24-13-11-15/h1-13,20,26H,14H2. The van der Waals surface area contributed by atoms with Crippen LogP contribution in [0.2, 0.25) is 0 Å². The van der Waals surface area contributed by atoms with Crippen molar-refractivity contribution in [3.63, 3.8) is 0 Å². The molecule has 3 aromatic rings. The van der Waals surface area contributed by atoms with E-state index in [1.807, 2.05) is 66.7 Å². The second-order valence-corrected chi connectivity index (χ2v) is 7.29. The van der Waals surface area contributed by atoms with Crippen LogP contribution in [-0.2, 0) is 11.3 Å². The average Bonchev–Trinajstić information content (AvgIpc) is 2.95. The third-order valence-corrected chi connectivity index (χ3v) is 5.21. The predicted molar refractivity (Wildman–Crippen MR) is 108 cm³/mol. The van der Waals surface area contributed by atoms with E-state index >= 15 is 0 Å². The number of aliphatic hydroxyl groups is 1. The first-order chi connectivity index (χ1) is 13.1. The van der Waals surface area contributed by atoms with Crippen molar-refractivity contribution in [2.45, 2.75) is 12.6 Å². The van der Waals surface area contributed by atoms with Crippen molar-refractivity contribution in [2.24, 2.45) is 0 Å². The second kappa shape index (κ2) is 7.37. The first kappa shape index (κ1) is 17.5. The minimum atomic E-state index is -0.362. The zero-order chi connectivity index (χ0) is 18.8. The Balaban J connectivity index is 1.81. The molecule has 0 saturated carbocycles. The first-order valence-corrected chi connectivity index (χ1v) is 9.38. The van der Waals surface area contributed by atoms with Gasteiger partial charge in [0.05, 0.1) is 6.04 Å². The van der Waals surface area contributed by atoms with Crippen molar-refractivity contribution in [3.8, 4) is 0 Å². The molecular formula is C22H17BrN2O2. The summed E-state index contributed by atoms with van der Waals surface area (Å²) in [6, 6.07) is 20.8. The smallest absolute Gasteiger partial charge is 0.290 e. The summed E-state index contributed by atoms with van der Waals surface area (Å²) in [5.74, 6) is -0.554. The SMILES string of the molecule is O=C1C(O)=C(c2ccccc2)C(c2ccc(Br)cc2)N1Cc1ccncc1. The molecule has 2 aromatic carbocycles. The maximum absolute atomic E-state index is 12.9. The van der Waals surface area contributed by atoms with E-state index in [4.69, 9.17) is 0 Å². The highest BCUT2D eigenvalue weighted by molar-refractivity contribution is 9.10. The summed E-state index contributed by atoms with van der Waals surface area (Å²) in [4.78, 5) is 18.7. The van der Waals surface area contributed by atoms with Crippen LogP contribution in [0.15, 0.2) is 89.4 Å². The van der Waals surface area contributed by atoms with E-state index in [1.54, 1.807) is 17.3 Å². The van der Waals surface area contributed by atoms with E-state index in [1.165, 1.54) is 0 Å². The molecule has 1 aliphatic heterocycles. The highest BCUT2D eigenvalue weighted by Gasteiger charge is 2.40. The van der Waals surface area contributed by atoms with E-state index < -0.39 is 0 Å². The largest absolute Gasteiger partial charge is 0.503 e. The number of rotatable bonds is 4. The minimum absolute atomic E-state index is 0.192. The number of pyridine rings is 1. The Bertz CT molecular complexity index is 986. The van der Waals surface area contributed by atoms with E-state index in [9.17, 15) is 9.90 Å². The number of benzene rings is 2. The van der Waals surface area contributed by atoms with Crippen molar-refractivity contribution in [1.82, 2.24) is 9.88 Å². The molecule has 1 aliphatic rings. The Hall–Kier alpha value is -2.92. The summed E-state index contributed by atoms with van der Waals surface area (Å²) in [5, 5.41) is 10.7. The summed E-state index contributed by atoms with van der Waals surface area (Å²) in [6.45, 7) is 0.391. The lowest BCUT2D eigenvalue weighted by atomic mass is 9.93. The van der Waals surface area contributed by atoms with Crippen LogP contribution in [0.4, 0.5) is 0 Å². The fraction of sp³-hybridized carbons (Fsp3) is 0.0909. The lowest BCUT2D eigenvalue weighted by Gasteiger charge is -2.27. The van der Waals surface area contributed by atoms with E-state index in [2.05, 4.69) is 20.9 Å². The van der Waals surface area contributed by atoms with E-state index in [0.29, 0.717) is 12.1 Å². The van der Waals surface area contributed by atoms with Gasteiger partial charge in [-0.2, -0.15) is 0 Å². The normalized spacial score (nSPS) is 16.9. The maximum Gasteiger partial charge on any atom is 0.290 e. The molecule has 27 heavy (non-hydrogen) atoms. The van der Waals surface area contributed by atoms with Crippen LogP contribution in [0, 0.1) is 0 Å². The van der Waals surface area contributed by atoms with Crippen LogP contribution in [0.1, 0.15) is 22.7 Å². The minimum Gasteiger partial charge on any atom is -0.503 e. The Morgan fingerprint density at radius 3 is 2.30 bits per heavy atom. The molecule has 0 radical (unpaired) electrons.